The van der Waals surface area contributed by atoms with Gasteiger partial charge in [0, 0.05) is 12.1 Å². The molecule has 0 fully saturated rings. The highest BCUT2D eigenvalue weighted by Gasteiger charge is 2.13. The largest absolute Gasteiger partial charge is 0.423 e. The van der Waals surface area contributed by atoms with Crippen LogP contribution in [0, 0.1) is 10.1 Å². The van der Waals surface area contributed by atoms with E-state index in [9.17, 15) is 10.1 Å². The van der Waals surface area contributed by atoms with Crippen LogP contribution < -0.4 is 10.5 Å². The lowest BCUT2D eigenvalue weighted by Gasteiger charge is -2.06. The van der Waals surface area contributed by atoms with Gasteiger partial charge in [0.25, 0.3) is 5.69 Å². The van der Waals surface area contributed by atoms with E-state index in [1.165, 1.54) is 24.3 Å². The first-order valence-corrected chi connectivity index (χ1v) is 6.46. The number of nitrogens with two attached hydrogens (primary N) is 1. The Balaban J connectivity index is 2.37. The van der Waals surface area contributed by atoms with E-state index in [4.69, 9.17) is 10.5 Å². The second-order valence-electron chi connectivity index (χ2n) is 3.37. The van der Waals surface area contributed by atoms with Crippen molar-refractivity contribution in [2.75, 3.05) is 5.73 Å². The summed E-state index contributed by atoms with van der Waals surface area (Å²) < 4.78 is 6.38. The summed E-state index contributed by atoms with van der Waals surface area (Å²) in [4.78, 5) is 18.0. The summed E-state index contributed by atoms with van der Waals surface area (Å²) in [6.07, 6.45) is 0. The summed E-state index contributed by atoms with van der Waals surface area (Å²) in [5, 5.41) is 10.7. The van der Waals surface area contributed by atoms with Gasteiger partial charge in [-0.2, -0.15) is 9.97 Å². The van der Waals surface area contributed by atoms with Crippen LogP contribution >= 0.6 is 31.9 Å². The summed E-state index contributed by atoms with van der Waals surface area (Å²) >= 11 is 6.38. The zero-order chi connectivity index (χ0) is 14.0. The van der Waals surface area contributed by atoms with Crippen LogP contribution in [0.25, 0.3) is 0 Å². The number of nitrogens with zero attached hydrogens (tertiary/aromatic N) is 3. The Kier molecular flexibility index (Phi) is 3.96. The lowest BCUT2D eigenvalue weighted by Crippen LogP contribution is -1.98. The third-order valence-electron chi connectivity index (χ3n) is 2.02. The minimum Gasteiger partial charge on any atom is -0.423 e. The predicted molar refractivity (Wildman–Crippen MR) is 75.0 cm³/mol. The van der Waals surface area contributed by atoms with Gasteiger partial charge in [-0.1, -0.05) is 0 Å². The lowest BCUT2D eigenvalue weighted by molar-refractivity contribution is -0.384. The number of nitrogen functional groups attached to an aromatic ring is 1. The fourth-order valence-electron chi connectivity index (χ4n) is 1.24. The first-order chi connectivity index (χ1) is 8.95. The molecule has 7 nitrogen and oxygen atoms in total. The Hall–Kier alpha value is -1.74. The van der Waals surface area contributed by atoms with Gasteiger partial charge in [0.05, 0.1) is 15.5 Å². The van der Waals surface area contributed by atoms with Crippen LogP contribution in [0.2, 0.25) is 0 Å². The molecule has 0 amide bonds. The standard InChI is InChI=1S/C10H6Br2N4O3/c11-6-2-1-5(16(17)18)3-7(6)19-10-14-8(12)4-9(13)15-10/h1-4H,(H2,13,14,15). The Morgan fingerprint density at radius 1 is 1.26 bits per heavy atom. The maximum Gasteiger partial charge on any atom is 0.325 e. The number of benzene rings is 1. The number of nitro benzene ring substituents is 1. The Bertz CT molecular complexity index is 630. The van der Waals surface area contributed by atoms with Gasteiger partial charge < -0.3 is 10.5 Å². The Morgan fingerprint density at radius 2 is 2.00 bits per heavy atom. The highest BCUT2D eigenvalue weighted by molar-refractivity contribution is 9.10. The SMILES string of the molecule is Nc1cc(Br)nc(Oc2cc([N+](=O)[O-])ccc2Br)n1. The fourth-order valence-corrected chi connectivity index (χ4v) is 1.95. The van der Waals surface area contributed by atoms with E-state index >= 15 is 0 Å². The van der Waals surface area contributed by atoms with Crippen LogP contribution in [0.15, 0.2) is 33.3 Å². The number of nitro groups is 1. The molecular formula is C10H6Br2N4O3. The maximum absolute atomic E-state index is 10.7. The fraction of sp³-hybridized carbons (Fsp3) is 0. The summed E-state index contributed by atoms with van der Waals surface area (Å²) in [6, 6.07) is 5.63. The minimum absolute atomic E-state index is 0.00641. The van der Waals surface area contributed by atoms with E-state index < -0.39 is 4.92 Å². The molecule has 98 valence electrons. The van der Waals surface area contributed by atoms with Crippen LogP contribution in [-0.2, 0) is 0 Å². The number of halogens is 2. The van der Waals surface area contributed by atoms with Gasteiger partial charge in [-0.15, -0.1) is 0 Å². The first-order valence-electron chi connectivity index (χ1n) is 4.87. The third-order valence-corrected chi connectivity index (χ3v) is 3.08. The zero-order valence-corrected chi connectivity index (χ0v) is 12.4. The lowest BCUT2D eigenvalue weighted by atomic mass is 10.3. The smallest absolute Gasteiger partial charge is 0.325 e. The van der Waals surface area contributed by atoms with Gasteiger partial charge in [0.15, 0.2) is 5.75 Å². The molecule has 0 aliphatic heterocycles. The van der Waals surface area contributed by atoms with Gasteiger partial charge in [-0.05, 0) is 37.9 Å². The van der Waals surface area contributed by atoms with Crippen molar-refractivity contribution in [3.05, 3.63) is 43.5 Å². The molecule has 1 aromatic carbocycles. The second kappa shape index (κ2) is 5.49. The average Bonchev–Trinajstić information content (AvgIpc) is 2.30. The van der Waals surface area contributed by atoms with Crippen molar-refractivity contribution in [2.24, 2.45) is 0 Å². The van der Waals surface area contributed by atoms with E-state index in [-0.39, 0.29) is 23.3 Å². The molecule has 0 atom stereocenters. The summed E-state index contributed by atoms with van der Waals surface area (Å²) in [5.41, 5.74) is 5.45. The van der Waals surface area contributed by atoms with Crippen LogP contribution in [0.5, 0.6) is 11.8 Å². The quantitative estimate of drug-likeness (QED) is 0.490. The molecule has 0 aliphatic rings. The molecule has 0 aliphatic carbocycles. The van der Waals surface area contributed by atoms with Crippen LogP contribution in [0.3, 0.4) is 0 Å². The zero-order valence-electron chi connectivity index (χ0n) is 9.21. The first kappa shape index (κ1) is 13.7. The Morgan fingerprint density at radius 3 is 2.63 bits per heavy atom. The highest BCUT2D eigenvalue weighted by atomic mass is 79.9. The van der Waals surface area contributed by atoms with Crippen molar-refractivity contribution < 1.29 is 9.66 Å². The van der Waals surface area contributed by atoms with E-state index in [0.29, 0.717) is 9.08 Å². The molecule has 0 bridgehead atoms. The third kappa shape index (κ3) is 3.38. The van der Waals surface area contributed by atoms with Crippen molar-refractivity contribution in [1.82, 2.24) is 9.97 Å². The van der Waals surface area contributed by atoms with Gasteiger partial charge in [0.1, 0.15) is 10.4 Å². The molecule has 0 saturated carbocycles. The number of anilines is 1. The van der Waals surface area contributed by atoms with Crippen LogP contribution in [0.1, 0.15) is 0 Å². The molecule has 2 rings (SSSR count). The summed E-state index contributed by atoms with van der Waals surface area (Å²) in [6.45, 7) is 0. The number of hydrogen-bond acceptors (Lipinski definition) is 6. The number of non-ortho nitro benzene ring substituents is 1. The number of aromatic nitrogens is 2. The van der Waals surface area contributed by atoms with E-state index in [0.717, 1.165) is 0 Å². The molecule has 0 radical (unpaired) electrons. The topological polar surface area (TPSA) is 104 Å². The molecule has 9 heteroatoms. The molecule has 0 saturated heterocycles. The van der Waals surface area contributed by atoms with Crippen molar-refractivity contribution in [3.8, 4) is 11.8 Å². The molecule has 1 heterocycles. The average molecular weight is 390 g/mol. The van der Waals surface area contributed by atoms with Crippen molar-refractivity contribution >= 4 is 43.4 Å². The van der Waals surface area contributed by atoms with E-state index in [2.05, 4.69) is 41.8 Å². The van der Waals surface area contributed by atoms with Crippen LogP contribution in [-0.4, -0.2) is 14.9 Å². The van der Waals surface area contributed by atoms with Crippen molar-refractivity contribution in [2.45, 2.75) is 0 Å². The summed E-state index contributed by atoms with van der Waals surface area (Å²) in [5.74, 6) is 0.449. The normalized spacial score (nSPS) is 10.2. The summed E-state index contributed by atoms with van der Waals surface area (Å²) in [7, 11) is 0. The minimum atomic E-state index is -0.518. The van der Waals surface area contributed by atoms with Gasteiger partial charge >= 0.3 is 6.01 Å². The maximum atomic E-state index is 10.7. The molecule has 1 aromatic heterocycles. The predicted octanol–water partition coefficient (Wildman–Crippen LogP) is 3.28. The number of ether oxygens (including phenoxy) is 1. The second-order valence-corrected chi connectivity index (χ2v) is 5.04. The Labute approximate surface area is 124 Å². The van der Waals surface area contributed by atoms with E-state index in [1.54, 1.807) is 0 Å². The van der Waals surface area contributed by atoms with Crippen LogP contribution in [0.4, 0.5) is 11.5 Å². The van der Waals surface area contributed by atoms with Crippen molar-refractivity contribution in [1.29, 1.82) is 0 Å². The monoisotopic (exact) mass is 388 g/mol. The van der Waals surface area contributed by atoms with Crippen molar-refractivity contribution in [3.63, 3.8) is 0 Å². The molecule has 2 aromatic rings. The molecule has 0 spiro atoms. The molecule has 0 unspecified atom stereocenters. The molecule has 19 heavy (non-hydrogen) atoms. The van der Waals surface area contributed by atoms with E-state index in [1.807, 2.05) is 0 Å². The van der Waals surface area contributed by atoms with Gasteiger partial charge in [0.2, 0.25) is 0 Å². The molecule has 2 N–H and O–H groups in total. The van der Waals surface area contributed by atoms with Gasteiger partial charge in [-0.3, -0.25) is 10.1 Å². The number of hydrogen-bond donors (Lipinski definition) is 1. The molecular weight excluding hydrogens is 384 g/mol. The van der Waals surface area contributed by atoms with Gasteiger partial charge in [-0.25, -0.2) is 0 Å². The number of rotatable bonds is 3. The highest BCUT2D eigenvalue weighted by Crippen LogP contribution is 2.32.